The Morgan fingerprint density at radius 1 is 0.829 bits per heavy atom. The quantitative estimate of drug-likeness (QED) is 0.363. The van der Waals surface area contributed by atoms with E-state index in [2.05, 4.69) is 5.10 Å². The predicted octanol–water partition coefficient (Wildman–Crippen LogP) is 4.62. The van der Waals surface area contributed by atoms with E-state index in [1.165, 1.54) is 9.25 Å². The average molecular weight is 463 g/mol. The molecule has 0 aliphatic heterocycles. The van der Waals surface area contributed by atoms with Crippen molar-refractivity contribution < 1.29 is 14.3 Å². The van der Waals surface area contributed by atoms with Gasteiger partial charge in [-0.15, -0.1) is 0 Å². The van der Waals surface area contributed by atoms with Crippen molar-refractivity contribution in [3.8, 4) is 17.0 Å². The SMILES string of the molecule is Cc1cc(-c2c(OC(=O)c3ccccc3)c3ccccc3n(C)c2=O)nn1C(=O)c1ccccc1. The second kappa shape index (κ2) is 8.87. The van der Waals surface area contributed by atoms with E-state index >= 15 is 0 Å². The zero-order chi connectivity index (χ0) is 24.5. The van der Waals surface area contributed by atoms with Crippen LogP contribution >= 0.6 is 0 Å². The number of nitrogens with zero attached hydrogens (tertiary/aromatic N) is 3. The number of benzene rings is 3. The fraction of sp³-hybridized carbons (Fsp3) is 0.0714. The number of hydrogen-bond acceptors (Lipinski definition) is 5. The van der Waals surface area contributed by atoms with Crippen LogP contribution in [0, 0.1) is 6.92 Å². The zero-order valence-electron chi connectivity index (χ0n) is 19.1. The predicted molar refractivity (Wildman–Crippen MR) is 133 cm³/mol. The summed E-state index contributed by atoms with van der Waals surface area (Å²) in [7, 11) is 1.65. The summed E-state index contributed by atoms with van der Waals surface area (Å²) in [4.78, 5) is 39.6. The van der Waals surface area contributed by atoms with Crippen LogP contribution in [0.25, 0.3) is 22.2 Å². The number of ether oxygens (including phenoxy) is 1. The minimum atomic E-state index is -0.596. The van der Waals surface area contributed by atoms with Gasteiger partial charge in [-0.3, -0.25) is 9.59 Å². The fourth-order valence-corrected chi connectivity index (χ4v) is 4.03. The number of carbonyl (C=O) groups is 2. The van der Waals surface area contributed by atoms with E-state index in [-0.39, 0.29) is 22.9 Å². The number of carbonyl (C=O) groups excluding carboxylic acids is 2. The van der Waals surface area contributed by atoms with Crippen LogP contribution in [-0.2, 0) is 7.05 Å². The first-order valence-electron chi connectivity index (χ1n) is 11.0. The summed E-state index contributed by atoms with van der Waals surface area (Å²) in [5.41, 5.74) is 1.93. The first kappa shape index (κ1) is 22.0. The number of esters is 1. The molecule has 0 radical (unpaired) electrons. The molecule has 0 atom stereocenters. The number of pyridine rings is 1. The summed E-state index contributed by atoms with van der Waals surface area (Å²) >= 11 is 0. The van der Waals surface area contributed by atoms with E-state index in [1.807, 2.05) is 12.1 Å². The Labute approximate surface area is 200 Å². The summed E-state index contributed by atoms with van der Waals surface area (Å²) < 4.78 is 8.58. The van der Waals surface area contributed by atoms with Gasteiger partial charge in [0.2, 0.25) is 0 Å². The molecule has 0 fully saturated rings. The molecule has 0 aliphatic rings. The highest BCUT2D eigenvalue weighted by atomic mass is 16.5. The van der Waals surface area contributed by atoms with Gasteiger partial charge < -0.3 is 9.30 Å². The Kier molecular flexibility index (Phi) is 5.58. The largest absolute Gasteiger partial charge is 0.421 e. The van der Waals surface area contributed by atoms with Gasteiger partial charge in [0.25, 0.3) is 11.5 Å². The molecule has 5 rings (SSSR count). The lowest BCUT2D eigenvalue weighted by molar-refractivity contribution is 0.0737. The molecule has 2 aromatic heterocycles. The monoisotopic (exact) mass is 463 g/mol. The molecule has 0 saturated heterocycles. The minimum Gasteiger partial charge on any atom is -0.421 e. The minimum absolute atomic E-state index is 0.106. The maximum atomic E-state index is 13.5. The second-order valence-electron chi connectivity index (χ2n) is 8.09. The molecule has 0 amide bonds. The zero-order valence-corrected chi connectivity index (χ0v) is 19.1. The molecule has 0 saturated carbocycles. The number of aromatic nitrogens is 3. The maximum Gasteiger partial charge on any atom is 0.343 e. The van der Waals surface area contributed by atoms with Crippen molar-refractivity contribution in [3.05, 3.63) is 118 Å². The highest BCUT2D eigenvalue weighted by Crippen LogP contribution is 2.34. The van der Waals surface area contributed by atoms with Crippen molar-refractivity contribution in [2.45, 2.75) is 6.92 Å². The topological polar surface area (TPSA) is 83.2 Å². The highest BCUT2D eigenvalue weighted by Gasteiger charge is 2.25. The van der Waals surface area contributed by atoms with Gasteiger partial charge in [0.15, 0.2) is 5.75 Å². The van der Waals surface area contributed by atoms with Crippen LogP contribution < -0.4 is 10.3 Å². The molecule has 0 spiro atoms. The van der Waals surface area contributed by atoms with Crippen LogP contribution in [0.3, 0.4) is 0 Å². The van der Waals surface area contributed by atoms with Crippen molar-refractivity contribution >= 4 is 22.8 Å². The molecule has 5 aromatic rings. The Morgan fingerprint density at radius 2 is 1.43 bits per heavy atom. The lowest BCUT2D eigenvalue weighted by Crippen LogP contribution is -2.22. The van der Waals surface area contributed by atoms with Gasteiger partial charge in [0, 0.05) is 23.7 Å². The van der Waals surface area contributed by atoms with E-state index in [1.54, 1.807) is 92.8 Å². The highest BCUT2D eigenvalue weighted by molar-refractivity contribution is 5.99. The standard InChI is InChI=1S/C28H21N3O4/c1-18-17-22(29-31(18)26(32)19-11-5-3-6-12-19)24-25(35-28(34)20-13-7-4-8-14-20)21-15-9-10-16-23(21)30(2)27(24)33/h3-17H,1-2H3. The van der Waals surface area contributed by atoms with Gasteiger partial charge in [0.1, 0.15) is 11.3 Å². The van der Waals surface area contributed by atoms with Gasteiger partial charge in [-0.1, -0.05) is 48.5 Å². The Hall–Kier alpha value is -4.78. The molecule has 3 aromatic carbocycles. The molecule has 0 aliphatic carbocycles. The second-order valence-corrected chi connectivity index (χ2v) is 8.09. The molecular formula is C28H21N3O4. The molecule has 0 N–H and O–H groups in total. The lowest BCUT2D eigenvalue weighted by Gasteiger charge is -2.14. The number of hydrogen-bond donors (Lipinski definition) is 0. The van der Waals surface area contributed by atoms with Crippen LogP contribution in [0.1, 0.15) is 26.4 Å². The molecule has 7 nitrogen and oxygen atoms in total. The molecular weight excluding hydrogens is 442 g/mol. The third-order valence-corrected chi connectivity index (χ3v) is 5.82. The molecule has 7 heteroatoms. The smallest absolute Gasteiger partial charge is 0.343 e. The van der Waals surface area contributed by atoms with Crippen molar-refractivity contribution in [2.24, 2.45) is 7.05 Å². The molecule has 0 unspecified atom stereocenters. The van der Waals surface area contributed by atoms with E-state index in [9.17, 15) is 14.4 Å². The van der Waals surface area contributed by atoms with E-state index in [0.29, 0.717) is 27.7 Å². The van der Waals surface area contributed by atoms with Crippen LogP contribution in [0.15, 0.2) is 95.8 Å². The number of para-hydroxylation sites is 1. The van der Waals surface area contributed by atoms with Gasteiger partial charge in [-0.2, -0.15) is 5.10 Å². The summed E-state index contributed by atoms with van der Waals surface area (Å²) in [5, 5.41) is 5.05. The summed E-state index contributed by atoms with van der Waals surface area (Å²) in [5.74, 6) is -0.814. The summed E-state index contributed by atoms with van der Waals surface area (Å²) in [6.45, 7) is 1.73. The van der Waals surface area contributed by atoms with Crippen molar-refractivity contribution in [3.63, 3.8) is 0 Å². The van der Waals surface area contributed by atoms with Crippen molar-refractivity contribution in [1.82, 2.24) is 14.3 Å². The van der Waals surface area contributed by atoms with Crippen LogP contribution in [0.2, 0.25) is 0 Å². The summed E-state index contributed by atoms with van der Waals surface area (Å²) in [6, 6.07) is 26.1. The normalized spacial score (nSPS) is 10.9. The first-order chi connectivity index (χ1) is 17.0. The van der Waals surface area contributed by atoms with Gasteiger partial charge in [-0.05, 0) is 49.4 Å². The van der Waals surface area contributed by atoms with E-state index in [0.717, 1.165) is 0 Å². The number of aryl methyl sites for hydroxylation is 2. The third-order valence-electron chi connectivity index (χ3n) is 5.82. The maximum absolute atomic E-state index is 13.5. The number of fused-ring (bicyclic) bond motifs is 1. The first-order valence-corrected chi connectivity index (χ1v) is 11.0. The third kappa shape index (κ3) is 3.93. The van der Waals surface area contributed by atoms with Gasteiger partial charge in [0.05, 0.1) is 11.1 Å². The molecule has 2 heterocycles. The Bertz CT molecular complexity index is 1630. The van der Waals surface area contributed by atoms with Crippen LogP contribution in [-0.4, -0.2) is 26.2 Å². The Morgan fingerprint density at radius 3 is 2.11 bits per heavy atom. The average Bonchev–Trinajstić information content (AvgIpc) is 3.28. The van der Waals surface area contributed by atoms with Gasteiger partial charge >= 0.3 is 5.97 Å². The fourth-order valence-electron chi connectivity index (χ4n) is 4.03. The number of rotatable bonds is 4. The molecule has 0 bridgehead atoms. The van der Waals surface area contributed by atoms with Crippen LogP contribution in [0.5, 0.6) is 5.75 Å². The van der Waals surface area contributed by atoms with E-state index in [4.69, 9.17) is 4.74 Å². The Balaban J connectivity index is 1.70. The molecule has 172 valence electrons. The van der Waals surface area contributed by atoms with Crippen molar-refractivity contribution in [2.75, 3.05) is 0 Å². The van der Waals surface area contributed by atoms with Gasteiger partial charge in [-0.25, -0.2) is 9.48 Å². The summed E-state index contributed by atoms with van der Waals surface area (Å²) in [6.07, 6.45) is 0. The van der Waals surface area contributed by atoms with Crippen LogP contribution in [0.4, 0.5) is 0 Å². The molecule has 35 heavy (non-hydrogen) atoms. The van der Waals surface area contributed by atoms with E-state index < -0.39 is 11.5 Å². The lowest BCUT2D eigenvalue weighted by atomic mass is 10.1. The van der Waals surface area contributed by atoms with Crippen molar-refractivity contribution in [1.29, 1.82) is 0 Å².